The van der Waals surface area contributed by atoms with Gasteiger partial charge in [-0.3, -0.25) is 4.79 Å². The van der Waals surface area contributed by atoms with Gasteiger partial charge in [0.25, 0.3) is 0 Å². The second-order valence-electron chi connectivity index (χ2n) is 3.55. The SMILES string of the molecule is [2H]c1nc(C)n(C)c1C[C@@]1([2H])C([2H])([2H])OC(=O)[C@@]1([2H])C([2H])([2H])C. The number of carbonyl (C=O) groups is 1. The Morgan fingerprint density at radius 2 is 2.69 bits per heavy atom. The zero-order valence-electron chi connectivity index (χ0n) is 16.4. The molecule has 0 spiro atoms. The standard InChI is InChI=1S/C12H18N2O2/c1-4-11-9(7-16-12(11)15)5-10-6-13-8(2)14(10)3/h6,9,11H,4-5,7H2,1-3H3/t9-,11-/m0/s1/i4D2,6D,7D2,9D,11D. The fourth-order valence-corrected chi connectivity index (χ4v) is 1.53. The molecule has 1 aliphatic heterocycles. The number of hydrogen-bond donors (Lipinski definition) is 0. The lowest BCUT2D eigenvalue weighted by molar-refractivity contribution is -0.141. The van der Waals surface area contributed by atoms with E-state index in [0.717, 1.165) is 6.92 Å². The summed E-state index contributed by atoms with van der Waals surface area (Å²) >= 11 is 0. The van der Waals surface area contributed by atoms with Gasteiger partial charge in [0.15, 0.2) is 0 Å². The molecule has 4 heteroatoms. The average Bonchev–Trinajstić information content (AvgIpc) is 2.68. The van der Waals surface area contributed by atoms with Crippen LogP contribution in [-0.4, -0.2) is 22.1 Å². The first-order valence-corrected chi connectivity index (χ1v) is 4.91. The van der Waals surface area contributed by atoms with Crippen LogP contribution >= 0.6 is 0 Å². The minimum atomic E-state index is -2.88. The number of ether oxygens (including phenoxy) is 1. The maximum atomic E-state index is 12.1. The first kappa shape index (κ1) is 5.34. The molecule has 1 aliphatic rings. The summed E-state index contributed by atoms with van der Waals surface area (Å²) in [5.74, 6) is -6.33. The van der Waals surface area contributed by atoms with E-state index in [1.165, 1.54) is 4.57 Å². The first-order valence-electron chi connectivity index (χ1n) is 8.41. The van der Waals surface area contributed by atoms with Crippen molar-refractivity contribution in [3.63, 3.8) is 0 Å². The van der Waals surface area contributed by atoms with Crippen LogP contribution in [0, 0.1) is 18.7 Å². The Morgan fingerprint density at radius 3 is 3.25 bits per heavy atom. The van der Waals surface area contributed by atoms with Crippen molar-refractivity contribution >= 4 is 5.97 Å². The summed E-state index contributed by atoms with van der Waals surface area (Å²) in [6.07, 6.45) is -3.28. The van der Waals surface area contributed by atoms with Crippen molar-refractivity contribution in [1.82, 2.24) is 9.55 Å². The predicted octanol–water partition coefficient (Wildman–Crippen LogP) is 1.47. The molecule has 0 unspecified atom stereocenters. The lowest BCUT2D eigenvalue weighted by Gasteiger charge is -2.13. The number of hydrogen-bond acceptors (Lipinski definition) is 3. The van der Waals surface area contributed by atoms with Crippen LogP contribution in [0.4, 0.5) is 0 Å². The highest BCUT2D eigenvalue weighted by atomic mass is 16.5. The maximum absolute atomic E-state index is 12.1. The molecule has 16 heavy (non-hydrogen) atoms. The third kappa shape index (κ3) is 1.84. The number of aromatic nitrogens is 2. The van der Waals surface area contributed by atoms with Crippen LogP contribution in [0.25, 0.3) is 0 Å². The number of carbonyl (C=O) groups excluding carboxylic acids is 1. The van der Waals surface area contributed by atoms with Gasteiger partial charge in [0.1, 0.15) is 5.82 Å². The smallest absolute Gasteiger partial charge is 0.309 e. The molecule has 1 saturated heterocycles. The van der Waals surface area contributed by atoms with Gasteiger partial charge in [0.2, 0.25) is 0 Å². The molecule has 88 valence electrons. The monoisotopic (exact) mass is 229 g/mol. The summed E-state index contributed by atoms with van der Waals surface area (Å²) in [7, 11) is 1.57. The molecule has 2 rings (SSSR count). The van der Waals surface area contributed by atoms with E-state index in [1.54, 1.807) is 14.0 Å². The van der Waals surface area contributed by atoms with Crippen LogP contribution in [0.5, 0.6) is 0 Å². The zero-order valence-corrected chi connectivity index (χ0v) is 9.42. The highest BCUT2D eigenvalue weighted by molar-refractivity contribution is 5.74. The van der Waals surface area contributed by atoms with Crippen LogP contribution in [0.2, 0.25) is 0 Å². The van der Waals surface area contributed by atoms with E-state index < -0.39 is 37.1 Å². The summed E-state index contributed by atoms with van der Waals surface area (Å²) in [4.78, 5) is 16.0. The van der Waals surface area contributed by atoms with Crippen molar-refractivity contribution in [2.75, 3.05) is 6.56 Å². The zero-order chi connectivity index (χ0) is 18.0. The molecule has 0 aromatic carbocycles. The summed E-state index contributed by atoms with van der Waals surface area (Å²) in [6, 6.07) is 0. The number of imidazole rings is 1. The van der Waals surface area contributed by atoms with Gasteiger partial charge in [0.05, 0.1) is 16.6 Å². The van der Waals surface area contributed by atoms with Gasteiger partial charge in [-0.05, 0) is 19.7 Å². The summed E-state index contributed by atoms with van der Waals surface area (Å²) in [6.45, 7) is -0.308. The van der Waals surface area contributed by atoms with Crippen LogP contribution in [-0.2, 0) is 23.0 Å². The molecule has 0 aliphatic carbocycles. The molecule has 0 N–H and O–H groups in total. The van der Waals surface area contributed by atoms with Crippen molar-refractivity contribution in [2.24, 2.45) is 18.8 Å². The van der Waals surface area contributed by atoms with Gasteiger partial charge in [-0.15, -0.1) is 0 Å². The molecular formula is C12H18N2O2. The lowest BCUT2D eigenvalue weighted by atomic mass is 9.89. The molecule has 0 bridgehead atoms. The average molecular weight is 229 g/mol. The van der Waals surface area contributed by atoms with E-state index in [2.05, 4.69) is 9.72 Å². The summed E-state index contributed by atoms with van der Waals surface area (Å²) in [5.41, 5.74) is 0.139. The predicted molar refractivity (Wildman–Crippen MR) is 59.9 cm³/mol. The number of cyclic esters (lactones) is 1. The quantitative estimate of drug-likeness (QED) is 0.737. The number of aryl methyl sites for hydroxylation is 1. The van der Waals surface area contributed by atoms with E-state index in [0.29, 0.717) is 5.82 Å². The molecular weight excluding hydrogens is 204 g/mol. The van der Waals surface area contributed by atoms with Crippen molar-refractivity contribution in [1.29, 1.82) is 0 Å². The van der Waals surface area contributed by atoms with Crippen molar-refractivity contribution in [2.45, 2.75) is 26.6 Å². The minimum absolute atomic E-state index is 0.139. The van der Waals surface area contributed by atoms with E-state index in [-0.39, 0.29) is 11.9 Å². The lowest BCUT2D eigenvalue weighted by Crippen LogP contribution is -2.18. The highest BCUT2D eigenvalue weighted by Gasteiger charge is 2.35. The minimum Gasteiger partial charge on any atom is -0.465 e. The summed E-state index contributed by atoms with van der Waals surface area (Å²) in [5, 5.41) is 0. The molecule has 0 amide bonds. The van der Waals surface area contributed by atoms with Gasteiger partial charge in [0, 0.05) is 30.3 Å². The Hall–Kier alpha value is -1.32. The molecule has 2 atom stereocenters. The van der Waals surface area contributed by atoms with Crippen LogP contribution < -0.4 is 0 Å². The Kier molecular flexibility index (Phi) is 1.43. The van der Waals surface area contributed by atoms with Gasteiger partial charge in [-0.25, -0.2) is 4.98 Å². The molecule has 0 radical (unpaired) electrons. The summed E-state index contributed by atoms with van der Waals surface area (Å²) < 4.78 is 61.9. The largest absolute Gasteiger partial charge is 0.465 e. The maximum Gasteiger partial charge on any atom is 0.309 e. The molecule has 0 saturated carbocycles. The third-order valence-electron chi connectivity index (χ3n) is 2.60. The topological polar surface area (TPSA) is 44.1 Å². The molecule has 1 aromatic rings. The van der Waals surface area contributed by atoms with E-state index in [1.807, 2.05) is 0 Å². The van der Waals surface area contributed by atoms with Gasteiger partial charge in [-0.2, -0.15) is 0 Å². The Balaban J connectivity index is 2.65. The molecule has 1 fully saturated rings. The molecule has 2 heterocycles. The second kappa shape index (κ2) is 4.28. The van der Waals surface area contributed by atoms with Gasteiger partial charge in [-0.1, -0.05) is 6.92 Å². The van der Waals surface area contributed by atoms with Crippen LogP contribution in [0.15, 0.2) is 6.17 Å². The number of rotatable bonds is 3. The van der Waals surface area contributed by atoms with Crippen LogP contribution in [0.3, 0.4) is 0 Å². The Morgan fingerprint density at radius 1 is 1.94 bits per heavy atom. The fraction of sp³-hybridized carbons (Fsp3) is 0.667. The van der Waals surface area contributed by atoms with E-state index >= 15 is 0 Å². The fourth-order valence-electron chi connectivity index (χ4n) is 1.53. The first-order chi connectivity index (χ1) is 10.2. The number of esters is 1. The van der Waals surface area contributed by atoms with Crippen molar-refractivity contribution in [3.8, 4) is 0 Å². The second-order valence-corrected chi connectivity index (χ2v) is 3.55. The van der Waals surface area contributed by atoms with E-state index in [9.17, 15) is 4.79 Å². The molecule has 1 aromatic heterocycles. The Bertz CT molecular complexity index is 669. The van der Waals surface area contributed by atoms with Crippen molar-refractivity contribution in [3.05, 3.63) is 17.7 Å². The normalized spacial score (nSPS) is 44.4. The Labute approximate surface area is 105 Å². The highest BCUT2D eigenvalue weighted by Crippen LogP contribution is 2.28. The number of nitrogens with zero attached hydrogens (tertiary/aromatic N) is 2. The van der Waals surface area contributed by atoms with Crippen molar-refractivity contribution < 1.29 is 19.1 Å². The molecule has 4 nitrogen and oxygen atoms in total. The van der Waals surface area contributed by atoms with Gasteiger partial charge >= 0.3 is 5.97 Å². The third-order valence-corrected chi connectivity index (χ3v) is 2.60. The van der Waals surface area contributed by atoms with E-state index in [4.69, 9.17) is 9.60 Å². The van der Waals surface area contributed by atoms with Crippen LogP contribution in [0.1, 0.15) is 34.4 Å². The van der Waals surface area contributed by atoms with Gasteiger partial charge < -0.3 is 9.30 Å².